The molecule has 1 saturated heterocycles. The molecule has 2 heterocycles. The zero-order chi connectivity index (χ0) is 19.3. The van der Waals surface area contributed by atoms with Crippen molar-refractivity contribution in [2.24, 2.45) is 10.2 Å². The van der Waals surface area contributed by atoms with Crippen molar-refractivity contribution in [1.29, 1.82) is 0 Å². The predicted octanol–water partition coefficient (Wildman–Crippen LogP) is 3.64. The summed E-state index contributed by atoms with van der Waals surface area (Å²) in [6.45, 7) is 10.1. The molecule has 0 aromatic heterocycles. The van der Waals surface area contributed by atoms with Gasteiger partial charge in [0.05, 0.1) is 0 Å². The number of nitrogens with zero attached hydrogens (tertiary/aromatic N) is 4. The Morgan fingerprint density at radius 2 is 2.00 bits per heavy atom. The number of amides is 1. The molecule has 7 heteroatoms. The van der Waals surface area contributed by atoms with E-state index in [1.165, 1.54) is 0 Å². The summed E-state index contributed by atoms with van der Waals surface area (Å²) in [5.41, 5.74) is 0.627. The molecule has 0 radical (unpaired) electrons. The molecule has 1 amide bonds. The molecule has 1 atom stereocenters. The lowest BCUT2D eigenvalue weighted by Gasteiger charge is -2.35. The molecule has 1 fully saturated rings. The SMILES string of the molecule is CC(C)(C)OC(=O)N1CCN(CCOc2cccc([C@@H]3C=CN=N3)c2)CC1. The zero-order valence-corrected chi connectivity index (χ0v) is 16.3. The number of hydrogen-bond donors (Lipinski definition) is 0. The molecule has 0 unspecified atom stereocenters. The lowest BCUT2D eigenvalue weighted by molar-refractivity contribution is 0.0137. The molecular formula is C20H28N4O3. The smallest absolute Gasteiger partial charge is 0.410 e. The van der Waals surface area contributed by atoms with Crippen LogP contribution in [0.4, 0.5) is 4.79 Å². The molecule has 1 aromatic rings. The number of rotatable bonds is 5. The Hall–Kier alpha value is -2.41. The van der Waals surface area contributed by atoms with Crippen LogP contribution >= 0.6 is 0 Å². The number of hydrogen-bond acceptors (Lipinski definition) is 6. The average molecular weight is 372 g/mol. The first kappa shape index (κ1) is 19.4. The molecule has 1 aromatic carbocycles. The van der Waals surface area contributed by atoms with E-state index in [1.807, 2.05) is 51.1 Å². The van der Waals surface area contributed by atoms with Gasteiger partial charge >= 0.3 is 6.09 Å². The monoisotopic (exact) mass is 372 g/mol. The first-order chi connectivity index (χ1) is 12.9. The fourth-order valence-electron chi connectivity index (χ4n) is 3.01. The molecule has 2 aliphatic rings. The van der Waals surface area contributed by atoms with Gasteiger partial charge in [-0.15, -0.1) is 0 Å². The highest BCUT2D eigenvalue weighted by Gasteiger charge is 2.25. The van der Waals surface area contributed by atoms with Crippen LogP contribution in [0.5, 0.6) is 5.75 Å². The van der Waals surface area contributed by atoms with Crippen molar-refractivity contribution >= 4 is 6.09 Å². The Morgan fingerprint density at radius 3 is 2.67 bits per heavy atom. The standard InChI is InChI=1S/C20H28N4O3/c1-20(2,3)27-19(25)24-11-9-23(10-12-24)13-14-26-17-6-4-5-16(15-17)18-7-8-21-22-18/h4-8,15,18H,9-14H2,1-3H3/t18-/m0/s1. The third-order valence-electron chi connectivity index (χ3n) is 4.43. The van der Waals surface area contributed by atoms with E-state index in [2.05, 4.69) is 15.1 Å². The van der Waals surface area contributed by atoms with Gasteiger partial charge in [-0.05, 0) is 44.5 Å². The molecule has 146 valence electrons. The van der Waals surface area contributed by atoms with Crippen LogP contribution in [0, 0.1) is 0 Å². The van der Waals surface area contributed by atoms with Gasteiger partial charge in [0.25, 0.3) is 0 Å². The van der Waals surface area contributed by atoms with Gasteiger partial charge in [0.1, 0.15) is 24.0 Å². The van der Waals surface area contributed by atoms with Crippen LogP contribution in [0.2, 0.25) is 0 Å². The van der Waals surface area contributed by atoms with Crippen molar-refractivity contribution in [1.82, 2.24) is 9.80 Å². The molecule has 0 bridgehead atoms. The van der Waals surface area contributed by atoms with E-state index in [0.717, 1.165) is 30.9 Å². The van der Waals surface area contributed by atoms with Gasteiger partial charge in [0.2, 0.25) is 0 Å². The molecule has 0 saturated carbocycles. The molecule has 0 N–H and O–H groups in total. The van der Waals surface area contributed by atoms with E-state index in [1.54, 1.807) is 11.1 Å². The van der Waals surface area contributed by atoms with Gasteiger partial charge in [-0.2, -0.15) is 10.2 Å². The largest absolute Gasteiger partial charge is 0.492 e. The average Bonchev–Trinajstić information content (AvgIpc) is 3.16. The molecule has 3 rings (SSSR count). The van der Waals surface area contributed by atoms with E-state index in [4.69, 9.17) is 9.47 Å². The van der Waals surface area contributed by atoms with Gasteiger partial charge in [-0.25, -0.2) is 4.79 Å². The van der Waals surface area contributed by atoms with Gasteiger partial charge in [0.15, 0.2) is 0 Å². The summed E-state index contributed by atoms with van der Waals surface area (Å²) in [6.07, 6.45) is 3.45. The second-order valence-electron chi connectivity index (χ2n) is 7.75. The summed E-state index contributed by atoms with van der Waals surface area (Å²) < 4.78 is 11.3. The summed E-state index contributed by atoms with van der Waals surface area (Å²) in [5.74, 6) is 0.843. The van der Waals surface area contributed by atoms with E-state index in [-0.39, 0.29) is 12.1 Å². The van der Waals surface area contributed by atoms with Gasteiger partial charge in [0, 0.05) is 38.9 Å². The number of carbonyl (C=O) groups is 1. The van der Waals surface area contributed by atoms with Crippen LogP contribution in [-0.4, -0.2) is 60.8 Å². The highest BCUT2D eigenvalue weighted by atomic mass is 16.6. The Balaban J connectivity index is 1.39. The van der Waals surface area contributed by atoms with Gasteiger partial charge in [-0.3, -0.25) is 4.90 Å². The minimum absolute atomic E-state index is 0.00511. The second kappa shape index (κ2) is 8.52. The van der Waals surface area contributed by atoms with Crippen LogP contribution in [0.1, 0.15) is 32.4 Å². The Morgan fingerprint density at radius 1 is 1.22 bits per heavy atom. The number of piperazine rings is 1. The van der Waals surface area contributed by atoms with Crippen LogP contribution < -0.4 is 4.74 Å². The summed E-state index contributed by atoms with van der Waals surface area (Å²) in [7, 11) is 0. The number of benzene rings is 1. The first-order valence-corrected chi connectivity index (χ1v) is 9.40. The van der Waals surface area contributed by atoms with E-state index >= 15 is 0 Å². The number of ether oxygens (including phenoxy) is 2. The van der Waals surface area contributed by atoms with Crippen molar-refractivity contribution in [3.8, 4) is 5.75 Å². The van der Waals surface area contributed by atoms with Crippen LogP contribution in [-0.2, 0) is 4.74 Å². The lowest BCUT2D eigenvalue weighted by Crippen LogP contribution is -2.50. The van der Waals surface area contributed by atoms with Crippen molar-refractivity contribution in [3.05, 3.63) is 42.1 Å². The summed E-state index contributed by atoms with van der Waals surface area (Å²) in [4.78, 5) is 16.2. The quantitative estimate of drug-likeness (QED) is 0.791. The van der Waals surface area contributed by atoms with Crippen molar-refractivity contribution in [2.75, 3.05) is 39.3 Å². The molecule has 2 aliphatic heterocycles. The molecule has 27 heavy (non-hydrogen) atoms. The molecule has 0 aliphatic carbocycles. The number of azo groups is 1. The highest BCUT2D eigenvalue weighted by Crippen LogP contribution is 2.26. The van der Waals surface area contributed by atoms with Crippen LogP contribution in [0.15, 0.2) is 46.8 Å². The Bertz CT molecular complexity index is 691. The number of carbonyl (C=O) groups excluding carboxylic acids is 1. The highest BCUT2D eigenvalue weighted by molar-refractivity contribution is 5.68. The molecular weight excluding hydrogens is 344 g/mol. The fourth-order valence-corrected chi connectivity index (χ4v) is 3.01. The normalized spacial score (nSPS) is 20.1. The van der Waals surface area contributed by atoms with Crippen molar-refractivity contribution in [3.63, 3.8) is 0 Å². The van der Waals surface area contributed by atoms with E-state index < -0.39 is 5.60 Å². The third kappa shape index (κ3) is 5.79. The maximum Gasteiger partial charge on any atom is 0.410 e. The van der Waals surface area contributed by atoms with Gasteiger partial charge in [-0.1, -0.05) is 12.1 Å². The summed E-state index contributed by atoms with van der Waals surface area (Å²) >= 11 is 0. The molecule has 0 spiro atoms. The predicted molar refractivity (Wildman–Crippen MR) is 103 cm³/mol. The zero-order valence-electron chi connectivity index (χ0n) is 16.3. The molecule has 7 nitrogen and oxygen atoms in total. The van der Waals surface area contributed by atoms with E-state index in [0.29, 0.717) is 19.7 Å². The minimum Gasteiger partial charge on any atom is -0.492 e. The van der Waals surface area contributed by atoms with Crippen LogP contribution in [0.25, 0.3) is 0 Å². The summed E-state index contributed by atoms with van der Waals surface area (Å²) in [6, 6.07) is 7.97. The van der Waals surface area contributed by atoms with Crippen LogP contribution in [0.3, 0.4) is 0 Å². The maximum atomic E-state index is 12.1. The Labute approximate surface area is 160 Å². The maximum absolute atomic E-state index is 12.1. The van der Waals surface area contributed by atoms with E-state index in [9.17, 15) is 4.79 Å². The topological polar surface area (TPSA) is 66.7 Å². The van der Waals surface area contributed by atoms with Crippen molar-refractivity contribution < 1.29 is 14.3 Å². The minimum atomic E-state index is -0.452. The first-order valence-electron chi connectivity index (χ1n) is 9.40. The summed E-state index contributed by atoms with van der Waals surface area (Å²) in [5, 5.41) is 8.04. The fraction of sp³-hybridized carbons (Fsp3) is 0.550. The lowest BCUT2D eigenvalue weighted by atomic mass is 10.1. The van der Waals surface area contributed by atoms with Gasteiger partial charge < -0.3 is 14.4 Å². The third-order valence-corrected chi connectivity index (χ3v) is 4.43. The van der Waals surface area contributed by atoms with Crippen molar-refractivity contribution in [2.45, 2.75) is 32.4 Å². The Kier molecular flexibility index (Phi) is 6.11. The second-order valence-corrected chi connectivity index (χ2v) is 7.75.